The van der Waals surface area contributed by atoms with E-state index in [1.807, 2.05) is 48.5 Å². The van der Waals surface area contributed by atoms with Gasteiger partial charge in [0.2, 0.25) is 11.8 Å². The van der Waals surface area contributed by atoms with Crippen LogP contribution in [0.5, 0.6) is 0 Å². The van der Waals surface area contributed by atoms with Crippen LogP contribution in [0.3, 0.4) is 0 Å². The zero-order chi connectivity index (χ0) is 39.8. The summed E-state index contributed by atoms with van der Waals surface area (Å²) in [6.45, 7) is -0.310. The molecule has 1 heterocycles. The van der Waals surface area contributed by atoms with E-state index < -0.39 is 106 Å². The van der Waals surface area contributed by atoms with E-state index in [-0.39, 0.29) is 31.6 Å². The van der Waals surface area contributed by atoms with Gasteiger partial charge in [-0.15, -0.1) is 0 Å². The van der Waals surface area contributed by atoms with Gasteiger partial charge < -0.3 is 40.1 Å². The minimum Gasteiger partial charge on any atom is -0.481 e. The van der Waals surface area contributed by atoms with E-state index in [4.69, 9.17) is 9.63 Å². The molecular formula is C37H43N2O14P. The number of hydrogen-bond donors (Lipinski definition) is 6. The first-order valence-electron chi connectivity index (χ1n) is 17.2. The molecule has 0 saturated heterocycles. The molecule has 16 nitrogen and oxygen atoms in total. The van der Waals surface area contributed by atoms with E-state index in [9.17, 15) is 58.3 Å². The van der Waals surface area contributed by atoms with Gasteiger partial charge in [-0.3, -0.25) is 33.3 Å². The molecule has 0 aromatic heterocycles. The summed E-state index contributed by atoms with van der Waals surface area (Å²) in [4.78, 5) is 95.9. The number of aliphatic carboxylic acids is 4. The molecule has 3 rings (SSSR count). The number of nitrogens with one attached hydrogen (secondary N) is 1. The largest absolute Gasteiger partial charge is 0.481 e. The number of unbranched alkanes of at least 4 members (excludes halogenated alkanes) is 1. The van der Waals surface area contributed by atoms with Crippen LogP contribution >= 0.6 is 7.60 Å². The van der Waals surface area contributed by atoms with Gasteiger partial charge >= 0.3 is 31.5 Å². The summed E-state index contributed by atoms with van der Waals surface area (Å²) >= 11 is 0. The molecule has 0 aliphatic carbocycles. The summed E-state index contributed by atoms with van der Waals surface area (Å²) in [7, 11) is -4.56. The lowest BCUT2D eigenvalue weighted by atomic mass is 9.96. The number of hydrogen-bond acceptors (Lipinski definition) is 9. The molecule has 2 aromatic rings. The Morgan fingerprint density at radius 3 is 2.06 bits per heavy atom. The number of amides is 2. The van der Waals surface area contributed by atoms with Crippen LogP contribution in [0.15, 0.2) is 48.5 Å². The van der Waals surface area contributed by atoms with Crippen molar-refractivity contribution in [2.75, 3.05) is 17.7 Å². The number of fused-ring (bicyclic) bond motifs is 2. The highest BCUT2D eigenvalue weighted by molar-refractivity contribution is 7.52. The zero-order valence-electron chi connectivity index (χ0n) is 29.3. The molecule has 1 aliphatic heterocycles. The Hall–Kier alpha value is -5.36. The topological polar surface area (TPSA) is 262 Å². The summed E-state index contributed by atoms with van der Waals surface area (Å²) in [5.41, 5.74) is 3.10. The summed E-state index contributed by atoms with van der Waals surface area (Å²) in [6, 6.07) is 13.4. The van der Waals surface area contributed by atoms with Crippen molar-refractivity contribution >= 4 is 54.8 Å². The Balaban J connectivity index is 1.44. The molecule has 0 saturated carbocycles. The zero-order valence-corrected chi connectivity index (χ0v) is 30.2. The van der Waals surface area contributed by atoms with E-state index in [0.29, 0.717) is 24.2 Å². The SMILES string of the molecule is O=C(O)CCC(CP(=O)(O)OCCC(CC(=O)CC[C@@H](NC(=O)CCCCC(=O)N1Cc2ccccc2C#Cc2ccccc21)C(=O)O)C(=O)O)C(=O)O. The maximum atomic E-state index is 13.4. The Morgan fingerprint density at radius 2 is 1.39 bits per heavy atom. The van der Waals surface area contributed by atoms with Crippen LogP contribution in [0, 0.1) is 23.7 Å². The second kappa shape index (κ2) is 20.8. The summed E-state index contributed by atoms with van der Waals surface area (Å²) in [6.07, 6.45) is -2.95. The molecule has 0 bridgehead atoms. The smallest absolute Gasteiger partial charge is 0.328 e. The van der Waals surface area contributed by atoms with Crippen LogP contribution in [0.1, 0.15) is 80.9 Å². The van der Waals surface area contributed by atoms with Gasteiger partial charge in [0.25, 0.3) is 0 Å². The number of Topliss-reactive ketones (excluding diaryl/α,β-unsaturated/α-hetero) is 1. The molecule has 2 aromatic carbocycles. The van der Waals surface area contributed by atoms with Gasteiger partial charge in [0, 0.05) is 43.2 Å². The normalized spacial score (nSPS) is 14.6. The standard InChI is InChI=1S/C37H43N2O14P/c40-29(21-26(35(45)46)19-20-53-54(51,52)23-28(36(47)48)15-18-34(43)44)16-17-30(37(49)50)38-32(41)11-5-6-12-33(42)39-22-27-9-2-1-7-24(27)13-14-25-8-3-4-10-31(25)39/h1-4,7-10,26,28,30H,5-6,11-12,15-23H2,(H,38,41)(H,43,44)(H,45,46)(H,47,48)(H,49,50)(H,51,52)/t26?,28?,30-/m1/s1. The number of carboxylic acids is 4. The van der Waals surface area contributed by atoms with E-state index >= 15 is 0 Å². The number of nitrogens with zero attached hydrogens (tertiary/aromatic N) is 1. The molecule has 6 N–H and O–H groups in total. The minimum atomic E-state index is -4.56. The van der Waals surface area contributed by atoms with Gasteiger partial charge in [-0.2, -0.15) is 0 Å². The van der Waals surface area contributed by atoms with Gasteiger partial charge in [-0.25, -0.2) is 4.79 Å². The maximum absolute atomic E-state index is 13.4. The summed E-state index contributed by atoms with van der Waals surface area (Å²) in [5.74, 6) is -3.64. The number of carbonyl (C=O) groups is 7. The number of carboxylic acid groups (broad SMARTS) is 4. The molecule has 4 atom stereocenters. The molecule has 2 amide bonds. The van der Waals surface area contributed by atoms with Crippen LogP contribution in [0.2, 0.25) is 0 Å². The molecule has 1 aliphatic rings. The molecule has 54 heavy (non-hydrogen) atoms. The Labute approximate surface area is 311 Å². The molecule has 0 fully saturated rings. The predicted octanol–water partition coefficient (Wildman–Crippen LogP) is 3.66. The molecule has 17 heteroatoms. The third-order valence-corrected chi connectivity index (χ3v) is 10.1. The minimum absolute atomic E-state index is 0.0848. The van der Waals surface area contributed by atoms with E-state index in [1.165, 1.54) is 0 Å². The third-order valence-electron chi connectivity index (χ3n) is 8.65. The Kier molecular flexibility index (Phi) is 16.6. The van der Waals surface area contributed by atoms with Crippen molar-refractivity contribution < 1.29 is 68.0 Å². The number of carbonyl (C=O) groups excluding carboxylic acids is 3. The van der Waals surface area contributed by atoms with E-state index in [0.717, 1.165) is 11.1 Å². The lowest BCUT2D eigenvalue weighted by Gasteiger charge is -2.26. The van der Waals surface area contributed by atoms with Gasteiger partial charge in [-0.1, -0.05) is 42.2 Å². The Morgan fingerprint density at radius 1 is 0.759 bits per heavy atom. The van der Waals surface area contributed by atoms with Gasteiger partial charge in [-0.05, 0) is 55.9 Å². The van der Waals surface area contributed by atoms with Crippen molar-refractivity contribution in [3.63, 3.8) is 0 Å². The number of benzene rings is 2. The number of rotatable bonds is 23. The van der Waals surface area contributed by atoms with Crippen LogP contribution in [0.25, 0.3) is 0 Å². The number of para-hydroxylation sites is 1. The van der Waals surface area contributed by atoms with Crippen LogP contribution < -0.4 is 10.2 Å². The van der Waals surface area contributed by atoms with Crippen molar-refractivity contribution in [1.82, 2.24) is 5.32 Å². The first-order valence-corrected chi connectivity index (χ1v) is 19.0. The fraction of sp³-hybridized carbons (Fsp3) is 0.432. The molecule has 290 valence electrons. The van der Waals surface area contributed by atoms with E-state index in [2.05, 4.69) is 17.2 Å². The van der Waals surface area contributed by atoms with Crippen molar-refractivity contribution in [3.05, 3.63) is 65.2 Å². The summed E-state index contributed by atoms with van der Waals surface area (Å²) < 4.78 is 17.2. The number of ketones is 1. The average molecular weight is 771 g/mol. The van der Waals surface area contributed by atoms with Crippen molar-refractivity contribution in [3.8, 4) is 11.8 Å². The lowest BCUT2D eigenvalue weighted by Crippen LogP contribution is -2.41. The fourth-order valence-corrected chi connectivity index (χ4v) is 7.07. The second-order valence-corrected chi connectivity index (χ2v) is 14.7. The highest BCUT2D eigenvalue weighted by Crippen LogP contribution is 2.45. The second-order valence-electron chi connectivity index (χ2n) is 12.8. The maximum Gasteiger partial charge on any atom is 0.328 e. The van der Waals surface area contributed by atoms with Gasteiger partial charge in [0.1, 0.15) is 11.8 Å². The monoisotopic (exact) mass is 770 g/mol. The number of anilines is 1. The highest BCUT2D eigenvalue weighted by atomic mass is 31.2. The molecular weight excluding hydrogens is 727 g/mol. The van der Waals surface area contributed by atoms with Crippen LogP contribution in [0.4, 0.5) is 5.69 Å². The summed E-state index contributed by atoms with van der Waals surface area (Å²) in [5, 5.41) is 39.5. The quantitative estimate of drug-likeness (QED) is 0.0535. The third kappa shape index (κ3) is 14.2. The van der Waals surface area contributed by atoms with Crippen LogP contribution in [-0.4, -0.2) is 85.6 Å². The molecule has 0 radical (unpaired) electrons. The van der Waals surface area contributed by atoms with Gasteiger partial charge in [0.05, 0.1) is 36.8 Å². The Bertz CT molecular complexity index is 1830. The lowest BCUT2D eigenvalue weighted by molar-refractivity contribution is -0.145. The first-order chi connectivity index (χ1) is 25.6. The van der Waals surface area contributed by atoms with Crippen molar-refractivity contribution in [2.24, 2.45) is 11.8 Å². The molecule has 0 spiro atoms. The average Bonchev–Trinajstić information content (AvgIpc) is 3.10. The predicted molar refractivity (Wildman–Crippen MR) is 191 cm³/mol. The van der Waals surface area contributed by atoms with Gasteiger partial charge in [0.15, 0.2) is 0 Å². The van der Waals surface area contributed by atoms with Crippen molar-refractivity contribution in [1.29, 1.82) is 0 Å². The van der Waals surface area contributed by atoms with Crippen LogP contribution in [-0.2, 0) is 49.2 Å². The van der Waals surface area contributed by atoms with E-state index in [1.54, 1.807) is 4.90 Å². The van der Waals surface area contributed by atoms with Crippen molar-refractivity contribution in [2.45, 2.75) is 76.8 Å². The first kappa shape index (κ1) is 43.0. The fourth-order valence-electron chi connectivity index (χ4n) is 5.68. The highest BCUT2D eigenvalue weighted by Gasteiger charge is 2.32. The molecule has 3 unspecified atom stereocenters.